The first-order valence-electron chi connectivity index (χ1n) is 6.74. The van der Waals surface area contributed by atoms with Gasteiger partial charge in [0.25, 0.3) is 0 Å². The molecule has 1 aliphatic rings. The minimum Gasteiger partial charge on any atom is -0.392 e. The summed E-state index contributed by atoms with van der Waals surface area (Å²) in [6, 6.07) is 6.42. The zero-order chi connectivity index (χ0) is 13.1. The van der Waals surface area contributed by atoms with Crippen molar-refractivity contribution in [2.24, 2.45) is 5.92 Å². The van der Waals surface area contributed by atoms with E-state index in [1.807, 2.05) is 12.1 Å². The molecule has 0 bridgehead atoms. The summed E-state index contributed by atoms with van der Waals surface area (Å²) in [7, 11) is 2.12. The standard InChI is InChI=1S/C15H22ClNO/c1-11-6-8-12(9-7-11)17(2)15-5-3-4-14(16)13(15)10-18/h3-5,11-12,18H,6-10H2,1-2H3. The second-order valence-electron chi connectivity index (χ2n) is 5.42. The number of rotatable bonds is 3. The molecule has 1 aliphatic carbocycles. The van der Waals surface area contributed by atoms with Gasteiger partial charge in [-0.15, -0.1) is 0 Å². The fourth-order valence-corrected chi connectivity index (χ4v) is 3.09. The van der Waals surface area contributed by atoms with Crippen molar-refractivity contribution in [3.8, 4) is 0 Å². The molecule has 1 aromatic rings. The van der Waals surface area contributed by atoms with Crippen LogP contribution >= 0.6 is 11.6 Å². The molecule has 0 aliphatic heterocycles. The van der Waals surface area contributed by atoms with Crippen LogP contribution in [0.2, 0.25) is 5.02 Å². The highest BCUT2D eigenvalue weighted by molar-refractivity contribution is 6.31. The predicted octanol–water partition coefficient (Wildman–Crippen LogP) is 3.85. The van der Waals surface area contributed by atoms with Crippen LogP contribution < -0.4 is 4.90 Å². The highest BCUT2D eigenvalue weighted by atomic mass is 35.5. The minimum absolute atomic E-state index is 0.00245. The van der Waals surface area contributed by atoms with Crippen LogP contribution in [0.25, 0.3) is 0 Å². The molecule has 0 saturated heterocycles. The van der Waals surface area contributed by atoms with Crippen molar-refractivity contribution in [3.05, 3.63) is 28.8 Å². The van der Waals surface area contributed by atoms with Crippen LogP contribution in [0.15, 0.2) is 18.2 Å². The molecule has 18 heavy (non-hydrogen) atoms. The average Bonchev–Trinajstić information content (AvgIpc) is 2.38. The van der Waals surface area contributed by atoms with Gasteiger partial charge in [0, 0.05) is 29.4 Å². The van der Waals surface area contributed by atoms with Crippen molar-refractivity contribution < 1.29 is 5.11 Å². The molecule has 1 fully saturated rings. The quantitative estimate of drug-likeness (QED) is 0.899. The van der Waals surface area contributed by atoms with E-state index in [2.05, 4.69) is 24.9 Å². The van der Waals surface area contributed by atoms with Gasteiger partial charge in [-0.1, -0.05) is 24.6 Å². The Kier molecular flexibility index (Phi) is 4.52. The van der Waals surface area contributed by atoms with Gasteiger partial charge in [-0.05, 0) is 43.7 Å². The monoisotopic (exact) mass is 267 g/mol. The third-order valence-corrected chi connectivity index (χ3v) is 4.52. The molecule has 3 heteroatoms. The lowest BCUT2D eigenvalue weighted by molar-refractivity contribution is 0.281. The van der Waals surface area contributed by atoms with Gasteiger partial charge in [0.15, 0.2) is 0 Å². The van der Waals surface area contributed by atoms with E-state index in [-0.39, 0.29) is 6.61 Å². The van der Waals surface area contributed by atoms with E-state index in [0.717, 1.165) is 17.2 Å². The average molecular weight is 268 g/mol. The third kappa shape index (κ3) is 2.81. The van der Waals surface area contributed by atoms with E-state index in [0.29, 0.717) is 11.1 Å². The van der Waals surface area contributed by atoms with E-state index >= 15 is 0 Å². The van der Waals surface area contributed by atoms with Crippen molar-refractivity contribution in [1.82, 2.24) is 0 Å². The molecule has 0 radical (unpaired) electrons. The minimum atomic E-state index is 0.00245. The molecular formula is C15H22ClNO. The van der Waals surface area contributed by atoms with E-state index < -0.39 is 0 Å². The maximum absolute atomic E-state index is 9.48. The summed E-state index contributed by atoms with van der Waals surface area (Å²) in [5.74, 6) is 0.853. The molecule has 0 amide bonds. The fraction of sp³-hybridized carbons (Fsp3) is 0.600. The van der Waals surface area contributed by atoms with Gasteiger partial charge in [-0.3, -0.25) is 0 Å². The topological polar surface area (TPSA) is 23.5 Å². The molecule has 0 spiro atoms. The summed E-state index contributed by atoms with van der Waals surface area (Å²) in [4.78, 5) is 2.29. The Morgan fingerprint density at radius 1 is 1.28 bits per heavy atom. The third-order valence-electron chi connectivity index (χ3n) is 4.17. The van der Waals surface area contributed by atoms with Crippen LogP contribution in [-0.2, 0) is 6.61 Å². The molecule has 100 valence electrons. The lowest BCUT2D eigenvalue weighted by Gasteiger charge is -2.36. The van der Waals surface area contributed by atoms with E-state index in [1.165, 1.54) is 25.7 Å². The van der Waals surface area contributed by atoms with Crippen LogP contribution in [0.1, 0.15) is 38.2 Å². The fourth-order valence-electron chi connectivity index (χ4n) is 2.86. The molecule has 1 saturated carbocycles. The van der Waals surface area contributed by atoms with Crippen LogP contribution in [0.3, 0.4) is 0 Å². The largest absolute Gasteiger partial charge is 0.392 e. The molecule has 0 atom stereocenters. The molecule has 1 N–H and O–H groups in total. The van der Waals surface area contributed by atoms with Gasteiger partial charge in [-0.25, -0.2) is 0 Å². The second kappa shape index (κ2) is 5.94. The summed E-state index contributed by atoms with van der Waals surface area (Å²) >= 11 is 6.15. The molecule has 0 aromatic heterocycles. The zero-order valence-corrected chi connectivity index (χ0v) is 12.0. The van der Waals surface area contributed by atoms with Gasteiger partial charge in [-0.2, -0.15) is 0 Å². The molecule has 2 nitrogen and oxygen atoms in total. The van der Waals surface area contributed by atoms with Crippen molar-refractivity contribution in [2.45, 2.75) is 45.3 Å². The van der Waals surface area contributed by atoms with Crippen LogP contribution in [0.5, 0.6) is 0 Å². The van der Waals surface area contributed by atoms with Crippen molar-refractivity contribution in [2.75, 3.05) is 11.9 Å². The van der Waals surface area contributed by atoms with Crippen molar-refractivity contribution >= 4 is 17.3 Å². The summed E-state index contributed by atoms with van der Waals surface area (Å²) in [5, 5.41) is 10.1. The molecule has 1 aromatic carbocycles. The summed E-state index contributed by atoms with van der Waals surface area (Å²) in [6.07, 6.45) is 5.05. The maximum atomic E-state index is 9.48. The Hall–Kier alpha value is -0.730. The lowest BCUT2D eigenvalue weighted by atomic mass is 9.86. The Labute approximate surface area is 115 Å². The number of aliphatic hydroxyl groups excluding tert-OH is 1. The Morgan fingerprint density at radius 2 is 1.94 bits per heavy atom. The van der Waals surface area contributed by atoms with Crippen molar-refractivity contribution in [1.29, 1.82) is 0 Å². The summed E-state index contributed by atoms with van der Waals surface area (Å²) in [6.45, 7) is 2.33. The maximum Gasteiger partial charge on any atom is 0.0716 e. The number of aliphatic hydroxyl groups is 1. The predicted molar refractivity (Wildman–Crippen MR) is 77.2 cm³/mol. The van der Waals surface area contributed by atoms with Gasteiger partial charge in [0.05, 0.1) is 6.61 Å². The number of anilines is 1. The first kappa shape index (κ1) is 13.7. The van der Waals surface area contributed by atoms with Crippen LogP contribution in [0.4, 0.5) is 5.69 Å². The molecule has 0 heterocycles. The van der Waals surface area contributed by atoms with E-state index in [1.54, 1.807) is 0 Å². The number of benzene rings is 1. The molecule has 2 rings (SSSR count). The zero-order valence-electron chi connectivity index (χ0n) is 11.2. The highest BCUT2D eigenvalue weighted by Gasteiger charge is 2.23. The van der Waals surface area contributed by atoms with Crippen LogP contribution in [0, 0.1) is 5.92 Å². The smallest absolute Gasteiger partial charge is 0.0716 e. The molecular weight excluding hydrogens is 246 g/mol. The van der Waals surface area contributed by atoms with Gasteiger partial charge in [0.1, 0.15) is 0 Å². The normalized spacial score (nSPS) is 24.0. The second-order valence-corrected chi connectivity index (χ2v) is 5.83. The first-order chi connectivity index (χ1) is 8.63. The van der Waals surface area contributed by atoms with Crippen LogP contribution in [-0.4, -0.2) is 18.2 Å². The van der Waals surface area contributed by atoms with Gasteiger partial charge in [0.2, 0.25) is 0 Å². The van der Waals surface area contributed by atoms with Gasteiger partial charge >= 0.3 is 0 Å². The lowest BCUT2D eigenvalue weighted by Crippen LogP contribution is -2.35. The first-order valence-corrected chi connectivity index (χ1v) is 7.12. The number of hydrogen-bond donors (Lipinski definition) is 1. The van der Waals surface area contributed by atoms with Gasteiger partial charge < -0.3 is 10.0 Å². The summed E-state index contributed by atoms with van der Waals surface area (Å²) < 4.78 is 0. The Morgan fingerprint density at radius 3 is 2.56 bits per heavy atom. The Bertz CT molecular complexity index is 399. The Balaban J connectivity index is 2.18. The van der Waals surface area contributed by atoms with E-state index in [4.69, 9.17) is 11.6 Å². The van der Waals surface area contributed by atoms with Crippen molar-refractivity contribution in [3.63, 3.8) is 0 Å². The number of nitrogens with zero attached hydrogens (tertiary/aromatic N) is 1. The summed E-state index contributed by atoms with van der Waals surface area (Å²) in [5.41, 5.74) is 1.92. The highest BCUT2D eigenvalue weighted by Crippen LogP contribution is 2.33. The number of halogens is 1. The SMILES string of the molecule is CC1CCC(N(C)c2cccc(Cl)c2CO)CC1. The number of hydrogen-bond acceptors (Lipinski definition) is 2. The molecule has 0 unspecified atom stereocenters. The van der Waals surface area contributed by atoms with E-state index in [9.17, 15) is 5.11 Å².